The summed E-state index contributed by atoms with van der Waals surface area (Å²) in [6, 6.07) is 0. The van der Waals surface area contributed by atoms with E-state index in [1.807, 2.05) is 4.90 Å². The van der Waals surface area contributed by atoms with Gasteiger partial charge in [0.1, 0.15) is 5.54 Å². The van der Waals surface area contributed by atoms with Gasteiger partial charge in [-0.3, -0.25) is 4.79 Å². The average Bonchev–Trinajstić information content (AvgIpc) is 2.79. The molecular weight excluding hydrogens is 254 g/mol. The Morgan fingerprint density at radius 1 is 1.25 bits per heavy atom. The van der Waals surface area contributed by atoms with Crippen LogP contribution >= 0.6 is 0 Å². The van der Waals surface area contributed by atoms with Gasteiger partial charge in [0.2, 0.25) is 5.91 Å². The third-order valence-electron chi connectivity index (χ3n) is 5.81. The average molecular weight is 281 g/mol. The SMILES string of the molecule is CN1CCCN(C(=O)C2(N)C3CCOC3C2(C)C)CC1. The van der Waals surface area contributed by atoms with Gasteiger partial charge in [-0.05, 0) is 26.4 Å². The van der Waals surface area contributed by atoms with E-state index in [1.54, 1.807) is 0 Å². The van der Waals surface area contributed by atoms with E-state index in [0.717, 1.165) is 45.6 Å². The number of carbonyl (C=O) groups excluding carboxylic acids is 1. The van der Waals surface area contributed by atoms with Crippen LogP contribution in [0.2, 0.25) is 0 Å². The first-order valence-corrected chi connectivity index (χ1v) is 7.77. The van der Waals surface area contributed by atoms with E-state index in [2.05, 4.69) is 25.8 Å². The van der Waals surface area contributed by atoms with Gasteiger partial charge in [0, 0.05) is 37.6 Å². The summed E-state index contributed by atoms with van der Waals surface area (Å²) < 4.78 is 5.78. The molecule has 2 N–H and O–H groups in total. The minimum absolute atomic E-state index is 0.143. The van der Waals surface area contributed by atoms with E-state index >= 15 is 0 Å². The molecule has 3 unspecified atom stereocenters. The van der Waals surface area contributed by atoms with Crippen LogP contribution < -0.4 is 5.73 Å². The van der Waals surface area contributed by atoms with Crippen molar-refractivity contribution in [3.05, 3.63) is 0 Å². The highest BCUT2D eigenvalue weighted by atomic mass is 16.5. The van der Waals surface area contributed by atoms with Gasteiger partial charge < -0.3 is 20.3 Å². The summed E-state index contributed by atoms with van der Waals surface area (Å²) in [6.45, 7) is 8.53. The molecule has 1 aliphatic carbocycles. The van der Waals surface area contributed by atoms with Crippen molar-refractivity contribution in [2.24, 2.45) is 17.1 Å². The molecule has 2 saturated heterocycles. The standard InChI is InChI=1S/C15H27N3O2/c1-14(2)12-11(5-10-20-12)15(14,16)13(19)18-7-4-6-17(3)8-9-18/h11-12H,4-10,16H2,1-3H3. The van der Waals surface area contributed by atoms with Crippen molar-refractivity contribution < 1.29 is 9.53 Å². The molecular formula is C15H27N3O2. The number of fused-ring (bicyclic) bond motifs is 1. The van der Waals surface area contributed by atoms with E-state index in [-0.39, 0.29) is 23.3 Å². The van der Waals surface area contributed by atoms with Crippen molar-refractivity contribution in [2.75, 3.05) is 39.8 Å². The molecule has 0 spiro atoms. The van der Waals surface area contributed by atoms with Gasteiger partial charge in [0.05, 0.1) is 6.10 Å². The molecule has 1 amide bonds. The minimum atomic E-state index is -0.739. The Morgan fingerprint density at radius 2 is 2.00 bits per heavy atom. The molecule has 5 nitrogen and oxygen atoms in total. The van der Waals surface area contributed by atoms with E-state index in [0.29, 0.717) is 0 Å². The first-order chi connectivity index (χ1) is 9.39. The molecule has 3 fully saturated rings. The summed E-state index contributed by atoms with van der Waals surface area (Å²) >= 11 is 0. The van der Waals surface area contributed by atoms with Gasteiger partial charge in [0.25, 0.3) is 0 Å². The highest BCUT2D eigenvalue weighted by molar-refractivity contribution is 5.89. The highest BCUT2D eigenvalue weighted by Gasteiger charge is 2.71. The van der Waals surface area contributed by atoms with Crippen molar-refractivity contribution >= 4 is 5.91 Å². The van der Waals surface area contributed by atoms with Crippen molar-refractivity contribution in [1.82, 2.24) is 9.80 Å². The highest BCUT2D eigenvalue weighted by Crippen LogP contribution is 2.58. The Hall–Kier alpha value is -0.650. The van der Waals surface area contributed by atoms with Crippen LogP contribution in [0, 0.1) is 11.3 Å². The number of amides is 1. The largest absolute Gasteiger partial charge is 0.377 e. The molecule has 2 heterocycles. The molecule has 3 aliphatic rings. The van der Waals surface area contributed by atoms with Crippen molar-refractivity contribution in [3.63, 3.8) is 0 Å². The summed E-state index contributed by atoms with van der Waals surface area (Å²) in [4.78, 5) is 17.3. The quantitative estimate of drug-likeness (QED) is 0.751. The smallest absolute Gasteiger partial charge is 0.243 e. The van der Waals surface area contributed by atoms with Crippen molar-refractivity contribution in [1.29, 1.82) is 0 Å². The van der Waals surface area contributed by atoms with Crippen LogP contribution in [-0.4, -0.2) is 67.2 Å². The first-order valence-electron chi connectivity index (χ1n) is 7.77. The summed E-state index contributed by atoms with van der Waals surface area (Å²) in [5.41, 5.74) is 5.64. The van der Waals surface area contributed by atoms with Crippen LogP contribution in [0.3, 0.4) is 0 Å². The number of hydrogen-bond acceptors (Lipinski definition) is 4. The van der Waals surface area contributed by atoms with Crippen LogP contribution in [0.15, 0.2) is 0 Å². The normalized spacial score (nSPS) is 40.9. The molecule has 114 valence electrons. The number of ether oxygens (including phenoxy) is 1. The van der Waals surface area contributed by atoms with Crippen LogP contribution in [-0.2, 0) is 9.53 Å². The predicted molar refractivity (Wildman–Crippen MR) is 77.2 cm³/mol. The molecule has 0 bridgehead atoms. The molecule has 0 radical (unpaired) electrons. The van der Waals surface area contributed by atoms with Gasteiger partial charge in [0.15, 0.2) is 0 Å². The second kappa shape index (κ2) is 4.68. The molecule has 5 heteroatoms. The zero-order chi connectivity index (χ0) is 14.5. The van der Waals surface area contributed by atoms with Gasteiger partial charge in [-0.25, -0.2) is 0 Å². The number of carbonyl (C=O) groups is 1. The summed E-state index contributed by atoms with van der Waals surface area (Å²) in [5.74, 6) is 0.343. The Morgan fingerprint density at radius 3 is 2.75 bits per heavy atom. The summed E-state index contributed by atoms with van der Waals surface area (Å²) in [7, 11) is 2.11. The molecule has 3 atom stereocenters. The number of nitrogens with two attached hydrogens (primary N) is 1. The second-order valence-electron chi connectivity index (χ2n) is 7.23. The van der Waals surface area contributed by atoms with Crippen molar-refractivity contribution in [3.8, 4) is 0 Å². The fourth-order valence-electron chi connectivity index (χ4n) is 4.33. The maximum Gasteiger partial charge on any atom is 0.243 e. The maximum absolute atomic E-state index is 13.0. The van der Waals surface area contributed by atoms with Gasteiger partial charge in [-0.15, -0.1) is 0 Å². The molecule has 0 aromatic rings. The Kier molecular flexibility index (Phi) is 3.35. The number of nitrogens with zero attached hydrogens (tertiary/aromatic N) is 2. The monoisotopic (exact) mass is 281 g/mol. The molecule has 1 saturated carbocycles. The number of hydrogen-bond donors (Lipinski definition) is 1. The molecule has 2 aliphatic heterocycles. The van der Waals surface area contributed by atoms with E-state index in [4.69, 9.17) is 10.5 Å². The zero-order valence-electron chi connectivity index (χ0n) is 12.9. The lowest BCUT2D eigenvalue weighted by Crippen LogP contribution is -2.80. The third kappa shape index (κ3) is 1.76. The second-order valence-corrected chi connectivity index (χ2v) is 7.23. The molecule has 3 rings (SSSR count). The van der Waals surface area contributed by atoms with Crippen LogP contribution in [0.5, 0.6) is 0 Å². The van der Waals surface area contributed by atoms with Crippen LogP contribution in [0.25, 0.3) is 0 Å². The van der Waals surface area contributed by atoms with Crippen molar-refractivity contribution in [2.45, 2.75) is 38.3 Å². The molecule has 0 aromatic heterocycles. The van der Waals surface area contributed by atoms with Crippen LogP contribution in [0.4, 0.5) is 0 Å². The minimum Gasteiger partial charge on any atom is -0.377 e. The Balaban J connectivity index is 1.79. The zero-order valence-corrected chi connectivity index (χ0v) is 12.9. The van der Waals surface area contributed by atoms with Gasteiger partial charge in [-0.2, -0.15) is 0 Å². The van der Waals surface area contributed by atoms with Gasteiger partial charge in [-0.1, -0.05) is 13.8 Å². The summed E-state index contributed by atoms with van der Waals surface area (Å²) in [6.07, 6.45) is 2.11. The molecule has 20 heavy (non-hydrogen) atoms. The van der Waals surface area contributed by atoms with E-state index in [9.17, 15) is 4.79 Å². The maximum atomic E-state index is 13.0. The van der Waals surface area contributed by atoms with E-state index < -0.39 is 5.54 Å². The third-order valence-corrected chi connectivity index (χ3v) is 5.81. The summed E-state index contributed by atoms with van der Waals surface area (Å²) in [5, 5.41) is 0. The Bertz CT molecular complexity index is 412. The lowest BCUT2D eigenvalue weighted by Gasteiger charge is -2.61. The number of rotatable bonds is 1. The van der Waals surface area contributed by atoms with Crippen LogP contribution in [0.1, 0.15) is 26.7 Å². The molecule has 0 aromatic carbocycles. The lowest BCUT2D eigenvalue weighted by molar-refractivity contribution is -0.184. The number of likely N-dealkylation sites (N-methyl/N-ethyl adjacent to an activating group) is 1. The fourth-order valence-corrected chi connectivity index (χ4v) is 4.33. The Labute approximate surface area is 121 Å². The topological polar surface area (TPSA) is 58.8 Å². The van der Waals surface area contributed by atoms with Gasteiger partial charge >= 0.3 is 0 Å². The lowest BCUT2D eigenvalue weighted by atomic mass is 9.47. The van der Waals surface area contributed by atoms with E-state index in [1.165, 1.54) is 0 Å². The fraction of sp³-hybridized carbons (Fsp3) is 0.933. The predicted octanol–water partition coefficient (Wildman–Crippen LogP) is 0.293. The first kappa shape index (κ1) is 14.3.